The van der Waals surface area contributed by atoms with Crippen molar-refractivity contribution in [2.45, 2.75) is 6.92 Å². The van der Waals surface area contributed by atoms with E-state index in [9.17, 15) is 14.5 Å². The molecule has 94 valence electrons. The lowest BCUT2D eigenvalue weighted by atomic mass is 10.3. The van der Waals surface area contributed by atoms with Crippen molar-refractivity contribution in [3.8, 4) is 11.6 Å². The van der Waals surface area contributed by atoms with Crippen LogP contribution in [0, 0.1) is 15.9 Å². The maximum Gasteiger partial charge on any atom is 0.350 e. The number of hydrogen-bond acceptors (Lipinski definition) is 4. The summed E-state index contributed by atoms with van der Waals surface area (Å²) < 4.78 is 19.3. The van der Waals surface area contributed by atoms with E-state index in [2.05, 4.69) is 5.10 Å². The summed E-state index contributed by atoms with van der Waals surface area (Å²) in [7, 11) is 0. The van der Waals surface area contributed by atoms with E-state index >= 15 is 0 Å². The smallest absolute Gasteiger partial charge is 0.350 e. The zero-order valence-corrected chi connectivity index (χ0v) is 9.54. The van der Waals surface area contributed by atoms with E-state index in [1.165, 1.54) is 28.9 Å². The highest BCUT2D eigenvalue weighted by molar-refractivity contribution is 5.45. The molecule has 0 saturated carbocycles. The summed E-state index contributed by atoms with van der Waals surface area (Å²) in [4.78, 5) is 10.2. The van der Waals surface area contributed by atoms with Crippen LogP contribution in [0.25, 0.3) is 5.69 Å². The lowest BCUT2D eigenvalue weighted by Gasteiger charge is -2.06. The van der Waals surface area contributed by atoms with Crippen LogP contribution in [0.3, 0.4) is 0 Å². The van der Waals surface area contributed by atoms with E-state index in [0.717, 1.165) is 6.20 Å². The lowest BCUT2D eigenvalue weighted by Crippen LogP contribution is -2.03. The van der Waals surface area contributed by atoms with Crippen molar-refractivity contribution in [1.82, 2.24) is 9.78 Å². The molecule has 6 nitrogen and oxygen atoms in total. The quantitative estimate of drug-likeness (QED) is 0.617. The minimum Gasteiger partial charge on any atom is -0.473 e. The lowest BCUT2D eigenvalue weighted by molar-refractivity contribution is -0.385. The highest BCUT2D eigenvalue weighted by Gasteiger charge is 2.22. The van der Waals surface area contributed by atoms with Gasteiger partial charge in [-0.25, -0.2) is 4.39 Å². The molecule has 0 atom stereocenters. The van der Waals surface area contributed by atoms with Crippen molar-refractivity contribution in [2.24, 2.45) is 0 Å². The van der Waals surface area contributed by atoms with Gasteiger partial charge in [-0.3, -0.25) is 10.1 Å². The molecule has 0 saturated heterocycles. The Hall–Kier alpha value is -2.44. The minimum atomic E-state index is -0.571. The van der Waals surface area contributed by atoms with E-state index in [4.69, 9.17) is 4.74 Å². The third kappa shape index (κ3) is 2.15. The highest BCUT2D eigenvalue weighted by atomic mass is 19.1. The Kier molecular flexibility index (Phi) is 3.22. The van der Waals surface area contributed by atoms with Gasteiger partial charge in [-0.05, 0) is 31.2 Å². The second-order valence-corrected chi connectivity index (χ2v) is 3.41. The fourth-order valence-electron chi connectivity index (χ4n) is 1.49. The molecular formula is C11H10FN3O3. The summed E-state index contributed by atoms with van der Waals surface area (Å²) in [5.41, 5.74) is 0.272. The van der Waals surface area contributed by atoms with E-state index in [1.54, 1.807) is 6.92 Å². The first kappa shape index (κ1) is 12.0. The Labute approximate surface area is 102 Å². The van der Waals surface area contributed by atoms with Crippen molar-refractivity contribution < 1.29 is 14.1 Å². The summed E-state index contributed by atoms with van der Waals surface area (Å²) >= 11 is 0. The Bertz CT molecular complexity index is 565. The molecule has 0 amide bonds. The van der Waals surface area contributed by atoms with Gasteiger partial charge in [0, 0.05) is 0 Å². The molecule has 0 spiro atoms. The maximum absolute atomic E-state index is 12.8. The summed E-state index contributed by atoms with van der Waals surface area (Å²) in [6, 6.07) is 5.43. The fraction of sp³-hybridized carbons (Fsp3) is 0.182. The van der Waals surface area contributed by atoms with Crippen LogP contribution in [0.15, 0.2) is 30.5 Å². The molecule has 1 aromatic carbocycles. The Balaban J connectivity index is 2.50. The highest BCUT2D eigenvalue weighted by Crippen LogP contribution is 2.29. The molecular weight excluding hydrogens is 241 g/mol. The molecule has 0 unspecified atom stereocenters. The zero-order valence-electron chi connectivity index (χ0n) is 9.54. The number of benzene rings is 1. The number of halogens is 1. The van der Waals surface area contributed by atoms with E-state index < -0.39 is 10.7 Å². The average molecular weight is 251 g/mol. The molecule has 1 aromatic heterocycles. The second-order valence-electron chi connectivity index (χ2n) is 3.41. The first-order valence-electron chi connectivity index (χ1n) is 5.24. The van der Waals surface area contributed by atoms with Gasteiger partial charge in [-0.2, -0.15) is 9.78 Å². The molecule has 0 fully saturated rings. The Morgan fingerprint density at radius 1 is 1.44 bits per heavy atom. The Morgan fingerprint density at radius 2 is 2.11 bits per heavy atom. The van der Waals surface area contributed by atoms with Crippen molar-refractivity contribution >= 4 is 5.69 Å². The number of aromatic nitrogens is 2. The van der Waals surface area contributed by atoms with Gasteiger partial charge in [-0.15, -0.1) is 0 Å². The third-order valence-electron chi connectivity index (χ3n) is 2.26. The van der Waals surface area contributed by atoms with Crippen LogP contribution >= 0.6 is 0 Å². The van der Waals surface area contributed by atoms with Gasteiger partial charge in [0.25, 0.3) is 5.88 Å². The van der Waals surface area contributed by atoms with E-state index in [0.29, 0.717) is 5.69 Å². The molecule has 7 heteroatoms. The second kappa shape index (κ2) is 4.82. The summed E-state index contributed by atoms with van der Waals surface area (Å²) in [6.07, 6.45) is 1.11. The van der Waals surface area contributed by atoms with Crippen LogP contribution in [0.5, 0.6) is 5.88 Å². The van der Waals surface area contributed by atoms with Crippen molar-refractivity contribution in [2.75, 3.05) is 6.61 Å². The van der Waals surface area contributed by atoms with Crippen molar-refractivity contribution in [3.63, 3.8) is 0 Å². The number of rotatable bonds is 4. The SMILES string of the molecule is CCOc1c([N+](=O)[O-])cnn1-c1ccc(F)cc1. The molecule has 0 bridgehead atoms. The van der Waals surface area contributed by atoms with Crippen LogP contribution in [0.1, 0.15) is 6.92 Å². The Morgan fingerprint density at radius 3 is 2.67 bits per heavy atom. The van der Waals surface area contributed by atoms with Crippen LogP contribution in [-0.2, 0) is 0 Å². The standard InChI is InChI=1S/C11H10FN3O3/c1-2-18-11-10(15(16)17)7-13-14(11)9-5-3-8(12)4-6-9/h3-7H,2H2,1H3. The molecule has 1 heterocycles. The third-order valence-corrected chi connectivity index (χ3v) is 2.26. The molecule has 0 aliphatic rings. The molecule has 2 rings (SSSR count). The first-order valence-corrected chi connectivity index (χ1v) is 5.24. The van der Waals surface area contributed by atoms with E-state index in [-0.39, 0.29) is 18.2 Å². The van der Waals surface area contributed by atoms with E-state index in [1.807, 2.05) is 0 Å². The average Bonchev–Trinajstić information content (AvgIpc) is 2.74. The number of nitrogens with zero attached hydrogens (tertiary/aromatic N) is 3. The predicted molar refractivity (Wildman–Crippen MR) is 61.3 cm³/mol. The van der Waals surface area contributed by atoms with Crippen molar-refractivity contribution in [1.29, 1.82) is 0 Å². The number of hydrogen-bond donors (Lipinski definition) is 0. The molecule has 2 aromatic rings. The topological polar surface area (TPSA) is 70.2 Å². The van der Waals surface area contributed by atoms with Gasteiger partial charge in [0.15, 0.2) is 0 Å². The predicted octanol–water partition coefficient (Wildman–Crippen LogP) is 2.32. The van der Waals surface area contributed by atoms with Gasteiger partial charge < -0.3 is 4.74 Å². The fourth-order valence-corrected chi connectivity index (χ4v) is 1.49. The van der Waals surface area contributed by atoms with Gasteiger partial charge in [0.05, 0.1) is 17.2 Å². The number of nitro groups is 1. The van der Waals surface area contributed by atoms with Crippen LogP contribution in [0.4, 0.5) is 10.1 Å². The van der Waals surface area contributed by atoms with Crippen LogP contribution < -0.4 is 4.74 Å². The molecule has 0 aliphatic carbocycles. The van der Waals surface area contributed by atoms with Crippen LogP contribution in [-0.4, -0.2) is 21.3 Å². The van der Waals surface area contributed by atoms with Crippen LogP contribution in [0.2, 0.25) is 0 Å². The molecule has 0 aliphatic heterocycles. The first-order chi connectivity index (χ1) is 8.63. The van der Waals surface area contributed by atoms with Gasteiger partial charge in [-0.1, -0.05) is 0 Å². The summed E-state index contributed by atoms with van der Waals surface area (Å²) in [5.74, 6) is -0.354. The number of ether oxygens (including phenoxy) is 1. The maximum atomic E-state index is 12.8. The largest absolute Gasteiger partial charge is 0.473 e. The molecule has 18 heavy (non-hydrogen) atoms. The monoisotopic (exact) mass is 251 g/mol. The molecule has 0 radical (unpaired) electrons. The summed E-state index contributed by atoms with van der Waals surface area (Å²) in [6.45, 7) is 1.99. The van der Waals surface area contributed by atoms with Gasteiger partial charge >= 0.3 is 5.69 Å². The normalized spacial score (nSPS) is 10.3. The zero-order chi connectivity index (χ0) is 13.1. The van der Waals surface area contributed by atoms with Crippen molar-refractivity contribution in [3.05, 3.63) is 46.4 Å². The van der Waals surface area contributed by atoms with Gasteiger partial charge in [0.2, 0.25) is 0 Å². The molecule has 0 N–H and O–H groups in total. The summed E-state index contributed by atoms with van der Waals surface area (Å²) in [5, 5.41) is 14.7. The minimum absolute atomic E-state index is 0.0362. The van der Waals surface area contributed by atoms with Gasteiger partial charge in [0.1, 0.15) is 12.0 Å².